The Morgan fingerprint density at radius 3 is 2.20 bits per heavy atom. The zero-order chi connectivity index (χ0) is 8.41. The fraction of sp³-hybridized carbons (Fsp3) is 0.833. The molecule has 0 amide bonds. The maximum Gasteiger partial charge on any atom is 0.407 e. The zero-order valence-electron chi connectivity index (χ0n) is 6.63. The lowest BCUT2D eigenvalue weighted by molar-refractivity contribution is -0.137. The van der Waals surface area contributed by atoms with E-state index in [-0.39, 0.29) is 0 Å². The van der Waals surface area contributed by atoms with Gasteiger partial charge < -0.3 is 9.26 Å². The minimum Gasteiger partial charge on any atom is -0.521 e. The van der Waals surface area contributed by atoms with E-state index in [9.17, 15) is 4.79 Å². The second-order valence-corrected chi connectivity index (χ2v) is 1.85. The molecule has 3 nitrogen and oxygen atoms in total. The highest BCUT2D eigenvalue weighted by molar-refractivity contribution is 5.95. The van der Waals surface area contributed by atoms with Gasteiger partial charge in [-0.25, -0.2) is 0 Å². The molecule has 0 rings (SSSR count). The van der Waals surface area contributed by atoms with E-state index in [1.807, 2.05) is 0 Å². The molecule has 0 atom stereocenters. The van der Waals surface area contributed by atoms with Crippen LogP contribution in [0, 0.1) is 0 Å². The van der Waals surface area contributed by atoms with Gasteiger partial charge in [0.05, 0.1) is 0 Å². The minimum absolute atomic E-state index is 0.306. The summed E-state index contributed by atoms with van der Waals surface area (Å²) < 4.78 is 7.14. The van der Waals surface area contributed by atoms with Gasteiger partial charge in [0.15, 0.2) is 0 Å². The molecule has 0 aromatic rings. The van der Waals surface area contributed by atoms with E-state index < -0.39 is 5.97 Å². The Labute approximate surface area is 69.8 Å². The molecule has 10 heavy (non-hydrogen) atoms. The van der Waals surface area contributed by atoms with Gasteiger partial charge in [-0.1, -0.05) is 19.8 Å². The standard InChI is InChI=1S/C6H12O2.Al.H2O.2H/c1-2-3-4-5-6(7)8;;;;/h2-5H2,1H3,(H,7,8);;1H2;;/q;+1;;;/p-1. The van der Waals surface area contributed by atoms with E-state index in [0.717, 1.165) is 19.3 Å². The van der Waals surface area contributed by atoms with Gasteiger partial charge >= 0.3 is 22.6 Å². The Bertz CT molecular complexity index is 75.4. The van der Waals surface area contributed by atoms with Crippen molar-refractivity contribution in [2.45, 2.75) is 32.6 Å². The van der Waals surface area contributed by atoms with Crippen LogP contribution >= 0.6 is 0 Å². The van der Waals surface area contributed by atoms with E-state index >= 15 is 0 Å². The summed E-state index contributed by atoms with van der Waals surface area (Å²) in [6.07, 6.45) is 3.28. The molecule has 0 heterocycles. The number of rotatable bonds is 4. The lowest BCUT2D eigenvalue weighted by Crippen LogP contribution is -1.92. The van der Waals surface area contributed by atoms with Crippen molar-refractivity contribution in [1.29, 1.82) is 0 Å². The zero-order valence-corrected chi connectivity index (χ0v) is 8.63. The summed E-state index contributed by atoms with van der Waals surface area (Å²) in [5, 5.41) is 8.14. The summed E-state index contributed by atoms with van der Waals surface area (Å²) in [6, 6.07) is 0. The van der Waals surface area contributed by atoms with Crippen LogP contribution in [0.3, 0.4) is 0 Å². The van der Waals surface area contributed by atoms with Gasteiger partial charge in [0, 0.05) is 6.42 Å². The number of aliphatic carboxylic acids is 1. The smallest absolute Gasteiger partial charge is 0.407 e. The molecule has 60 valence electrons. The third kappa shape index (κ3) is 15.7. The van der Waals surface area contributed by atoms with Crippen molar-refractivity contribution < 1.29 is 14.1 Å². The lowest BCUT2D eigenvalue weighted by Gasteiger charge is -1.89. The highest BCUT2D eigenvalue weighted by Gasteiger charge is 1.92. The Morgan fingerprint density at radius 2 is 1.90 bits per heavy atom. The minimum atomic E-state index is -0.682. The first-order valence-corrected chi connectivity index (χ1v) is 4.33. The molecule has 0 radical (unpaired) electrons. The van der Waals surface area contributed by atoms with Crippen LogP contribution < -0.4 is 0 Å². The highest BCUT2D eigenvalue weighted by atomic mass is 27.1. The third-order valence-corrected chi connectivity index (χ3v) is 0.994. The number of carbonyl (C=O) groups is 1. The summed E-state index contributed by atoms with van der Waals surface area (Å²) in [6.45, 7) is 2.06. The van der Waals surface area contributed by atoms with E-state index in [2.05, 4.69) is 6.92 Å². The molecule has 0 aliphatic rings. The molecule has 2 N–H and O–H groups in total. The topological polar surface area (TPSA) is 57.5 Å². The molecule has 0 fully saturated rings. The molecule has 0 aliphatic heterocycles. The van der Waals surface area contributed by atoms with Crippen LogP contribution in [0.1, 0.15) is 32.6 Å². The number of unbranched alkanes of at least 4 members (excludes halogenated alkanes) is 2. The van der Waals surface area contributed by atoms with Crippen molar-refractivity contribution >= 4 is 22.6 Å². The molecule has 0 aromatic heterocycles. The predicted molar refractivity (Wildman–Crippen MR) is 42.5 cm³/mol. The quantitative estimate of drug-likeness (QED) is 0.458. The maximum absolute atomic E-state index is 9.87. The van der Waals surface area contributed by atoms with Crippen LogP contribution in [0.5, 0.6) is 0 Å². The molecule has 0 unspecified atom stereocenters. The Kier molecular flexibility index (Phi) is 14.8. The van der Waals surface area contributed by atoms with Crippen molar-refractivity contribution in [2.24, 2.45) is 0 Å². The Hall–Kier alpha value is -0.0375. The molecule has 4 heteroatoms. The SMILES string of the molecule is CCCCCC(=O)O.[OH][AlH2]. The third-order valence-electron chi connectivity index (χ3n) is 0.994. The van der Waals surface area contributed by atoms with Crippen molar-refractivity contribution in [3.05, 3.63) is 0 Å². The molecular weight excluding hydrogens is 147 g/mol. The van der Waals surface area contributed by atoms with Crippen LogP contribution in [-0.2, 0) is 4.79 Å². The van der Waals surface area contributed by atoms with Gasteiger partial charge in [0.1, 0.15) is 0 Å². The van der Waals surface area contributed by atoms with Gasteiger partial charge in [-0.05, 0) is 6.42 Å². The maximum atomic E-state index is 9.87. The van der Waals surface area contributed by atoms with Crippen molar-refractivity contribution in [3.63, 3.8) is 0 Å². The van der Waals surface area contributed by atoms with Crippen molar-refractivity contribution in [1.82, 2.24) is 0 Å². The first-order valence-electron chi connectivity index (χ1n) is 3.44. The van der Waals surface area contributed by atoms with Crippen LogP contribution in [0.2, 0.25) is 0 Å². The lowest BCUT2D eigenvalue weighted by atomic mass is 10.2. The van der Waals surface area contributed by atoms with Crippen LogP contribution in [-0.4, -0.2) is 31.9 Å². The Morgan fingerprint density at radius 1 is 1.40 bits per heavy atom. The highest BCUT2D eigenvalue weighted by Crippen LogP contribution is 1.97. The summed E-state index contributed by atoms with van der Waals surface area (Å²) in [7, 11) is 0. The average molecular weight is 162 g/mol. The number of carboxylic acids is 1. The monoisotopic (exact) mass is 162 g/mol. The summed E-state index contributed by atoms with van der Waals surface area (Å²) in [4.78, 5) is 9.87. The summed E-state index contributed by atoms with van der Waals surface area (Å²) in [5.74, 6) is -0.682. The molecule has 0 spiro atoms. The van der Waals surface area contributed by atoms with E-state index in [4.69, 9.17) is 9.26 Å². The number of carboxylic acid groups (broad SMARTS) is 1. The normalized spacial score (nSPS) is 7.80. The molecular formula is C6H15AlO3. The molecule has 0 saturated heterocycles. The van der Waals surface area contributed by atoms with Crippen LogP contribution in [0.4, 0.5) is 0 Å². The first kappa shape index (κ1) is 12.6. The molecule has 0 aromatic carbocycles. The first-order chi connectivity index (χ1) is 4.77. The average Bonchev–Trinajstić information content (AvgIpc) is 1.92. The van der Waals surface area contributed by atoms with Crippen LogP contribution in [0.25, 0.3) is 0 Å². The van der Waals surface area contributed by atoms with Gasteiger partial charge in [-0.15, -0.1) is 0 Å². The van der Waals surface area contributed by atoms with Gasteiger partial charge in [0.25, 0.3) is 0 Å². The van der Waals surface area contributed by atoms with Crippen molar-refractivity contribution in [2.75, 3.05) is 0 Å². The fourth-order valence-corrected chi connectivity index (χ4v) is 0.526. The van der Waals surface area contributed by atoms with Crippen LogP contribution in [0.15, 0.2) is 0 Å². The molecule has 0 bridgehead atoms. The Balaban J connectivity index is 0. The van der Waals surface area contributed by atoms with Crippen molar-refractivity contribution in [3.8, 4) is 0 Å². The van der Waals surface area contributed by atoms with Gasteiger partial charge in [0.2, 0.25) is 0 Å². The summed E-state index contributed by atoms with van der Waals surface area (Å²) in [5.41, 5.74) is 0. The fourth-order valence-electron chi connectivity index (χ4n) is 0.526. The molecule has 0 aliphatic carbocycles. The van der Waals surface area contributed by atoms with E-state index in [1.165, 1.54) is 0 Å². The largest absolute Gasteiger partial charge is 0.521 e. The van der Waals surface area contributed by atoms with E-state index in [0.29, 0.717) is 23.0 Å². The number of hydrogen-bond donors (Lipinski definition) is 2. The molecule has 0 saturated carbocycles. The second kappa shape index (κ2) is 11.7. The predicted octanol–water partition coefficient (Wildman–Crippen LogP) is 0.178. The van der Waals surface area contributed by atoms with Gasteiger partial charge in [-0.2, -0.15) is 0 Å². The number of hydrogen-bond acceptors (Lipinski definition) is 2. The second-order valence-electron chi connectivity index (χ2n) is 1.85. The summed E-state index contributed by atoms with van der Waals surface area (Å²) >= 11 is 0.306. The van der Waals surface area contributed by atoms with E-state index in [1.54, 1.807) is 0 Å². The van der Waals surface area contributed by atoms with Gasteiger partial charge in [-0.3, -0.25) is 4.79 Å².